The zero-order valence-electron chi connectivity index (χ0n) is 15.2. The Balaban J connectivity index is 1.66. The highest BCUT2D eigenvalue weighted by Gasteiger charge is 2.34. The third-order valence-electron chi connectivity index (χ3n) is 4.95. The van der Waals surface area contributed by atoms with Crippen LogP contribution in [0.15, 0.2) is 75.6 Å². The lowest BCUT2D eigenvalue weighted by Gasteiger charge is -2.34. The van der Waals surface area contributed by atoms with Crippen LogP contribution in [0.1, 0.15) is 17.2 Å². The first kappa shape index (κ1) is 17.6. The number of aryl methyl sites for hydroxylation is 1. The molecule has 4 aromatic rings. The molecule has 2 atom stereocenters. The van der Waals surface area contributed by atoms with Crippen molar-refractivity contribution < 1.29 is 0 Å². The van der Waals surface area contributed by atoms with Crippen LogP contribution in [-0.2, 0) is 0 Å². The Kier molecular flexibility index (Phi) is 4.49. The number of H-pyrrole nitrogens is 1. The van der Waals surface area contributed by atoms with E-state index >= 15 is 0 Å². The van der Waals surface area contributed by atoms with Crippen molar-refractivity contribution in [2.24, 2.45) is 0 Å². The first-order valence-electron chi connectivity index (χ1n) is 9.07. The number of aromatic nitrogens is 4. The van der Waals surface area contributed by atoms with E-state index in [1.165, 1.54) is 16.0 Å². The Morgan fingerprint density at radius 1 is 1.14 bits per heavy atom. The highest BCUT2D eigenvalue weighted by atomic mass is 32.2. The van der Waals surface area contributed by atoms with Gasteiger partial charge in [0.05, 0.1) is 12.2 Å². The summed E-state index contributed by atoms with van der Waals surface area (Å²) in [5.41, 5.74) is 2.98. The molecule has 140 valence electrons. The number of aromatic amines is 1. The molecule has 0 bridgehead atoms. The molecular formula is C21H18N4OS2. The maximum Gasteiger partial charge on any atom is 0.284 e. The quantitative estimate of drug-likeness (QED) is 0.515. The summed E-state index contributed by atoms with van der Waals surface area (Å²) in [6.07, 6.45) is 1.57. The lowest BCUT2D eigenvalue weighted by Crippen LogP contribution is -2.33. The summed E-state index contributed by atoms with van der Waals surface area (Å²) in [6, 6.07) is 19.1. The molecule has 28 heavy (non-hydrogen) atoms. The van der Waals surface area contributed by atoms with Gasteiger partial charge in [0.15, 0.2) is 5.16 Å². The Morgan fingerprint density at radius 3 is 2.71 bits per heavy atom. The molecule has 1 N–H and O–H groups in total. The van der Waals surface area contributed by atoms with E-state index < -0.39 is 0 Å². The highest BCUT2D eigenvalue weighted by molar-refractivity contribution is 8.03. The molecular weight excluding hydrogens is 388 g/mol. The van der Waals surface area contributed by atoms with Crippen molar-refractivity contribution in [2.75, 3.05) is 5.75 Å². The van der Waals surface area contributed by atoms with Crippen molar-refractivity contribution in [1.82, 2.24) is 19.7 Å². The van der Waals surface area contributed by atoms with Gasteiger partial charge in [-0.1, -0.05) is 59.8 Å². The molecule has 5 rings (SSSR count). The van der Waals surface area contributed by atoms with Crippen molar-refractivity contribution in [2.45, 2.75) is 28.3 Å². The van der Waals surface area contributed by atoms with Crippen molar-refractivity contribution in [3.05, 3.63) is 82.3 Å². The molecule has 3 heterocycles. The normalized spacial score (nSPS) is 18.9. The lowest BCUT2D eigenvalue weighted by atomic mass is 10.0. The van der Waals surface area contributed by atoms with Gasteiger partial charge < -0.3 is 0 Å². The van der Waals surface area contributed by atoms with E-state index in [0.717, 1.165) is 16.6 Å². The molecule has 1 aliphatic heterocycles. The summed E-state index contributed by atoms with van der Waals surface area (Å²) in [6.45, 7) is 2.10. The summed E-state index contributed by atoms with van der Waals surface area (Å²) in [5, 5.41) is 8.72. The fourth-order valence-electron chi connectivity index (χ4n) is 3.59. The Labute approximate surface area is 170 Å². The lowest BCUT2D eigenvalue weighted by molar-refractivity contribution is 0.519. The van der Waals surface area contributed by atoms with Crippen LogP contribution in [0.3, 0.4) is 0 Å². The Bertz CT molecular complexity index is 1180. The van der Waals surface area contributed by atoms with Crippen LogP contribution in [0.25, 0.3) is 11.0 Å². The van der Waals surface area contributed by atoms with Gasteiger partial charge in [0.25, 0.3) is 5.56 Å². The third-order valence-corrected chi connectivity index (χ3v) is 7.50. The first-order valence-corrected chi connectivity index (χ1v) is 10.9. The topological polar surface area (TPSA) is 63.6 Å². The van der Waals surface area contributed by atoms with Gasteiger partial charge in [-0.2, -0.15) is 10.1 Å². The van der Waals surface area contributed by atoms with E-state index in [9.17, 15) is 4.79 Å². The second kappa shape index (κ2) is 7.14. The Hall–Kier alpha value is -2.51. The third kappa shape index (κ3) is 3.04. The van der Waals surface area contributed by atoms with Crippen LogP contribution in [0.5, 0.6) is 0 Å². The molecule has 0 spiro atoms. The Morgan fingerprint density at radius 2 is 1.93 bits per heavy atom. The summed E-state index contributed by atoms with van der Waals surface area (Å²) >= 11 is 3.51. The van der Waals surface area contributed by atoms with Gasteiger partial charge in [0.1, 0.15) is 11.0 Å². The zero-order chi connectivity index (χ0) is 19.1. The van der Waals surface area contributed by atoms with Crippen LogP contribution >= 0.6 is 23.5 Å². The van der Waals surface area contributed by atoms with Gasteiger partial charge in [-0.25, -0.2) is 0 Å². The number of hydrogen-bond donors (Lipinski definition) is 1. The standard InChI is InChI=1S/C21H18N4OS2/c1-13-7-9-15(10-8-13)28-17-12-27-21-23-20(26)16-11-22-24-19(16)25(21)18(17)14-5-3-2-4-6-14/h2-11,17-18H,12H2,1H3,(H,22,24)/t17-,18-/m0/s1. The molecule has 2 aromatic carbocycles. The highest BCUT2D eigenvalue weighted by Crippen LogP contribution is 2.43. The molecule has 0 saturated carbocycles. The average Bonchev–Trinajstić information content (AvgIpc) is 3.21. The van der Waals surface area contributed by atoms with E-state index in [4.69, 9.17) is 0 Å². The predicted molar refractivity (Wildman–Crippen MR) is 114 cm³/mol. The molecule has 0 radical (unpaired) electrons. The van der Waals surface area contributed by atoms with Gasteiger partial charge in [-0.3, -0.25) is 14.5 Å². The number of rotatable bonds is 3. The minimum atomic E-state index is -0.223. The molecule has 5 nitrogen and oxygen atoms in total. The largest absolute Gasteiger partial charge is 0.296 e. The van der Waals surface area contributed by atoms with Crippen LogP contribution in [0.2, 0.25) is 0 Å². The average molecular weight is 407 g/mol. The number of fused-ring (bicyclic) bond motifs is 3. The van der Waals surface area contributed by atoms with E-state index in [2.05, 4.69) is 75.2 Å². The number of nitrogens with zero attached hydrogens (tertiary/aromatic N) is 3. The number of thioether (sulfide) groups is 2. The van der Waals surface area contributed by atoms with Crippen LogP contribution < -0.4 is 5.56 Å². The van der Waals surface area contributed by atoms with Crippen molar-refractivity contribution in [3.63, 3.8) is 0 Å². The van der Waals surface area contributed by atoms with Crippen LogP contribution in [-0.4, -0.2) is 30.8 Å². The molecule has 2 aromatic heterocycles. The number of hydrogen-bond acceptors (Lipinski definition) is 5. The van der Waals surface area contributed by atoms with Gasteiger partial charge in [0.2, 0.25) is 0 Å². The summed E-state index contributed by atoms with van der Waals surface area (Å²) in [5.74, 6) is 0.879. The second-order valence-corrected chi connectivity index (χ2v) is 9.14. The molecule has 0 saturated heterocycles. The van der Waals surface area contributed by atoms with Crippen LogP contribution in [0, 0.1) is 6.92 Å². The zero-order valence-corrected chi connectivity index (χ0v) is 16.8. The van der Waals surface area contributed by atoms with Crippen molar-refractivity contribution in [1.29, 1.82) is 0 Å². The van der Waals surface area contributed by atoms with E-state index in [0.29, 0.717) is 10.6 Å². The molecule has 0 aliphatic carbocycles. The summed E-state index contributed by atoms with van der Waals surface area (Å²) in [4.78, 5) is 17.9. The molecule has 0 unspecified atom stereocenters. The van der Waals surface area contributed by atoms with E-state index in [1.807, 2.05) is 17.8 Å². The second-order valence-electron chi connectivity index (χ2n) is 6.84. The fourth-order valence-corrected chi connectivity index (χ4v) is 6.11. The predicted octanol–water partition coefficient (Wildman–Crippen LogP) is 4.28. The maximum atomic E-state index is 12.4. The number of nitrogens with one attached hydrogen (secondary N) is 1. The smallest absolute Gasteiger partial charge is 0.284 e. The minimum Gasteiger partial charge on any atom is -0.296 e. The monoisotopic (exact) mass is 406 g/mol. The molecule has 1 aliphatic rings. The van der Waals surface area contributed by atoms with Gasteiger partial charge >= 0.3 is 0 Å². The van der Waals surface area contributed by atoms with Gasteiger partial charge in [0, 0.05) is 15.9 Å². The van der Waals surface area contributed by atoms with E-state index in [-0.39, 0.29) is 11.6 Å². The molecule has 7 heteroatoms. The summed E-state index contributed by atoms with van der Waals surface area (Å²) in [7, 11) is 0. The molecule has 0 fully saturated rings. The maximum absolute atomic E-state index is 12.4. The van der Waals surface area contributed by atoms with Gasteiger partial charge in [-0.05, 0) is 24.6 Å². The number of benzene rings is 2. The van der Waals surface area contributed by atoms with E-state index in [1.54, 1.807) is 18.0 Å². The van der Waals surface area contributed by atoms with Crippen molar-refractivity contribution in [3.8, 4) is 0 Å². The van der Waals surface area contributed by atoms with Crippen LogP contribution in [0.4, 0.5) is 0 Å². The SMILES string of the molecule is Cc1ccc(S[C@H]2CSc3nc(=O)c4cn[nH]c4n3[C@H]2c2ccccc2)cc1. The first-order chi connectivity index (χ1) is 13.7. The molecule has 0 amide bonds. The van der Waals surface area contributed by atoms with Crippen molar-refractivity contribution >= 4 is 34.6 Å². The minimum absolute atomic E-state index is 0.0554. The fraction of sp³-hybridized carbons (Fsp3) is 0.190. The van der Waals surface area contributed by atoms with Gasteiger partial charge in [-0.15, -0.1) is 11.8 Å². The summed E-state index contributed by atoms with van der Waals surface area (Å²) < 4.78 is 2.15.